The summed E-state index contributed by atoms with van der Waals surface area (Å²) in [5, 5.41) is 4.29. The average molecular weight is 570 g/mol. The van der Waals surface area contributed by atoms with Crippen LogP contribution in [0.1, 0.15) is 16.7 Å². The van der Waals surface area contributed by atoms with Crippen LogP contribution in [0.2, 0.25) is 0 Å². The molecule has 5 nitrogen and oxygen atoms in total. The highest BCUT2D eigenvalue weighted by molar-refractivity contribution is 6.13. The van der Waals surface area contributed by atoms with Crippen LogP contribution in [-0.4, -0.2) is 11.7 Å². The molecule has 44 heavy (non-hydrogen) atoms. The third-order valence-corrected chi connectivity index (χ3v) is 8.02. The third-order valence-electron chi connectivity index (χ3n) is 8.02. The molecule has 8 aromatic rings. The molecule has 210 valence electrons. The molecule has 0 saturated heterocycles. The monoisotopic (exact) mass is 569 g/mol. The Kier molecular flexibility index (Phi) is 6.27. The van der Waals surface area contributed by atoms with E-state index in [9.17, 15) is 0 Å². The summed E-state index contributed by atoms with van der Waals surface area (Å²) in [6.45, 7) is 0.416. The number of aliphatic imine (C=N–C) groups is 2. The molecular weight excluding hydrogens is 542 g/mol. The fourth-order valence-electron chi connectivity index (χ4n) is 5.90. The Morgan fingerprint density at radius 3 is 2.09 bits per heavy atom. The number of benzene rings is 6. The lowest BCUT2D eigenvalue weighted by atomic mass is 9.99. The Balaban J connectivity index is 1.23. The topological polar surface area (TPSA) is 77.0 Å². The van der Waals surface area contributed by atoms with Crippen molar-refractivity contribution in [3.05, 3.63) is 156 Å². The molecule has 2 aromatic heterocycles. The van der Waals surface area contributed by atoms with E-state index in [4.69, 9.17) is 24.6 Å². The lowest BCUT2D eigenvalue weighted by molar-refractivity contribution is 0.668. The smallest absolute Gasteiger partial charge is 0.157 e. The Bertz CT molecular complexity index is 2360. The van der Waals surface area contributed by atoms with E-state index in [1.54, 1.807) is 0 Å². The summed E-state index contributed by atoms with van der Waals surface area (Å²) >= 11 is 0. The highest BCUT2D eigenvalue weighted by atomic mass is 16.3. The summed E-state index contributed by atoms with van der Waals surface area (Å²) in [5.41, 5.74) is 14.8. The first-order valence-corrected chi connectivity index (χ1v) is 14.6. The molecule has 2 N–H and O–H groups in total. The van der Waals surface area contributed by atoms with E-state index in [1.165, 1.54) is 0 Å². The van der Waals surface area contributed by atoms with Gasteiger partial charge in [0.2, 0.25) is 0 Å². The molecule has 0 bridgehead atoms. The molecule has 0 saturated carbocycles. The molecule has 2 heterocycles. The first-order chi connectivity index (χ1) is 21.7. The SMILES string of the molecule is NC(=NC(=NCc1cccc2oc3c(-c4ccc5oc6ccccc6c5c4)cccc3c12)c1ccccc1)c1ccccc1. The number of hydrogen-bond donors (Lipinski definition) is 1. The number of nitrogens with zero attached hydrogens (tertiary/aromatic N) is 2. The van der Waals surface area contributed by atoms with Gasteiger partial charge in [-0.15, -0.1) is 0 Å². The average Bonchev–Trinajstić information content (AvgIpc) is 3.66. The van der Waals surface area contributed by atoms with Crippen LogP contribution in [-0.2, 0) is 6.54 Å². The van der Waals surface area contributed by atoms with E-state index in [1.807, 2.05) is 97.1 Å². The third kappa shape index (κ3) is 4.52. The highest BCUT2D eigenvalue weighted by Gasteiger charge is 2.16. The van der Waals surface area contributed by atoms with Crippen LogP contribution in [0, 0.1) is 0 Å². The number of hydrogen-bond acceptors (Lipinski definition) is 3. The maximum atomic E-state index is 6.55. The number of nitrogens with two attached hydrogens (primary N) is 1. The van der Waals surface area contributed by atoms with Crippen molar-refractivity contribution < 1.29 is 8.83 Å². The lowest BCUT2D eigenvalue weighted by Crippen LogP contribution is -2.16. The molecule has 0 unspecified atom stereocenters. The second-order valence-corrected chi connectivity index (χ2v) is 10.8. The molecule has 0 atom stereocenters. The fourth-order valence-corrected chi connectivity index (χ4v) is 5.90. The van der Waals surface area contributed by atoms with E-state index in [-0.39, 0.29) is 0 Å². The van der Waals surface area contributed by atoms with Crippen LogP contribution in [0.15, 0.2) is 158 Å². The van der Waals surface area contributed by atoms with E-state index >= 15 is 0 Å². The molecule has 0 amide bonds. The summed E-state index contributed by atoms with van der Waals surface area (Å²) in [6.07, 6.45) is 0. The summed E-state index contributed by atoms with van der Waals surface area (Å²) in [4.78, 5) is 9.77. The van der Waals surface area contributed by atoms with Crippen LogP contribution >= 0.6 is 0 Å². The Morgan fingerprint density at radius 1 is 0.568 bits per heavy atom. The first kappa shape index (κ1) is 25.7. The van der Waals surface area contributed by atoms with E-state index in [0.717, 1.165) is 71.7 Å². The summed E-state index contributed by atoms with van der Waals surface area (Å²) in [6, 6.07) is 46.6. The Labute approximate surface area is 253 Å². The maximum absolute atomic E-state index is 6.55. The van der Waals surface area contributed by atoms with Crippen molar-refractivity contribution >= 4 is 55.5 Å². The predicted molar refractivity (Wildman–Crippen MR) is 180 cm³/mol. The quantitative estimate of drug-likeness (QED) is 0.166. The molecule has 6 aromatic carbocycles. The molecule has 0 aliphatic carbocycles. The minimum atomic E-state index is 0.416. The van der Waals surface area contributed by atoms with Crippen LogP contribution < -0.4 is 5.73 Å². The van der Waals surface area contributed by atoms with Gasteiger partial charge in [0.05, 0.1) is 6.54 Å². The van der Waals surface area contributed by atoms with Crippen molar-refractivity contribution in [1.82, 2.24) is 0 Å². The second kappa shape index (κ2) is 10.7. The van der Waals surface area contributed by atoms with Crippen molar-refractivity contribution in [2.75, 3.05) is 0 Å². The van der Waals surface area contributed by atoms with E-state index in [0.29, 0.717) is 18.2 Å². The Hall–Kier alpha value is -5.94. The van der Waals surface area contributed by atoms with Gasteiger partial charge in [0.1, 0.15) is 28.2 Å². The van der Waals surface area contributed by atoms with Gasteiger partial charge < -0.3 is 14.6 Å². The number of para-hydroxylation sites is 2. The van der Waals surface area contributed by atoms with Crippen molar-refractivity contribution in [2.24, 2.45) is 15.7 Å². The van der Waals surface area contributed by atoms with Crippen molar-refractivity contribution in [3.63, 3.8) is 0 Å². The summed E-state index contributed by atoms with van der Waals surface area (Å²) < 4.78 is 12.6. The van der Waals surface area contributed by atoms with Gasteiger partial charge in [-0.25, -0.2) is 4.99 Å². The molecule has 8 rings (SSSR count). The lowest BCUT2D eigenvalue weighted by Gasteiger charge is -2.06. The van der Waals surface area contributed by atoms with Gasteiger partial charge in [-0.1, -0.05) is 115 Å². The molecule has 0 aliphatic rings. The summed E-state index contributed by atoms with van der Waals surface area (Å²) in [7, 11) is 0. The number of rotatable bonds is 5. The van der Waals surface area contributed by atoms with Crippen molar-refractivity contribution in [1.29, 1.82) is 0 Å². The van der Waals surface area contributed by atoms with Crippen LogP contribution in [0.4, 0.5) is 0 Å². The van der Waals surface area contributed by atoms with Gasteiger partial charge in [0.25, 0.3) is 0 Å². The van der Waals surface area contributed by atoms with Crippen molar-refractivity contribution in [3.8, 4) is 11.1 Å². The predicted octanol–water partition coefficient (Wildman–Crippen LogP) is 9.50. The fraction of sp³-hybridized carbons (Fsp3) is 0.0256. The number of furan rings is 2. The first-order valence-electron chi connectivity index (χ1n) is 14.6. The zero-order chi connectivity index (χ0) is 29.5. The van der Waals surface area contributed by atoms with Gasteiger partial charge in [-0.3, -0.25) is 4.99 Å². The molecule has 0 spiro atoms. The van der Waals surface area contributed by atoms with Gasteiger partial charge in [0, 0.05) is 38.2 Å². The molecular formula is C39H27N3O2. The molecule has 0 fully saturated rings. The molecule has 0 aliphatic heterocycles. The van der Waals surface area contributed by atoms with Gasteiger partial charge in [-0.05, 0) is 35.4 Å². The van der Waals surface area contributed by atoms with Crippen LogP contribution in [0.5, 0.6) is 0 Å². The molecule has 5 heteroatoms. The Morgan fingerprint density at radius 2 is 1.25 bits per heavy atom. The number of fused-ring (bicyclic) bond motifs is 6. The normalized spacial score (nSPS) is 12.5. The largest absolute Gasteiger partial charge is 0.456 e. The standard InChI is InChI=1S/C39H27N3O2/c40-38(25-11-3-1-4-12-25)42-39(26-13-5-2-6-14-26)41-24-28-15-9-20-35-36(28)31-18-10-17-29(37(31)44-35)27-21-22-34-32(23-27)30-16-7-8-19-33(30)43-34/h1-23H,24H2,(H2,40,41,42). The highest BCUT2D eigenvalue weighted by Crippen LogP contribution is 2.39. The van der Waals surface area contributed by atoms with Gasteiger partial charge in [-0.2, -0.15) is 0 Å². The molecule has 0 radical (unpaired) electrons. The minimum Gasteiger partial charge on any atom is -0.456 e. The summed E-state index contributed by atoms with van der Waals surface area (Å²) in [5.74, 6) is 1.00. The zero-order valence-corrected chi connectivity index (χ0v) is 23.8. The van der Waals surface area contributed by atoms with Crippen LogP contribution in [0.25, 0.3) is 55.0 Å². The van der Waals surface area contributed by atoms with Crippen LogP contribution in [0.3, 0.4) is 0 Å². The minimum absolute atomic E-state index is 0.416. The van der Waals surface area contributed by atoms with Gasteiger partial charge in [0.15, 0.2) is 5.84 Å². The zero-order valence-electron chi connectivity index (χ0n) is 23.8. The van der Waals surface area contributed by atoms with E-state index < -0.39 is 0 Å². The number of amidine groups is 2. The van der Waals surface area contributed by atoms with Crippen molar-refractivity contribution in [2.45, 2.75) is 6.54 Å². The van der Waals surface area contributed by atoms with Gasteiger partial charge >= 0.3 is 0 Å². The second-order valence-electron chi connectivity index (χ2n) is 10.8. The van der Waals surface area contributed by atoms with E-state index in [2.05, 4.69) is 42.5 Å². The maximum Gasteiger partial charge on any atom is 0.157 e.